The first-order valence-electron chi connectivity index (χ1n) is 8.03. The molecule has 0 aliphatic heterocycles. The van der Waals surface area contributed by atoms with Crippen molar-refractivity contribution in [2.75, 3.05) is 14.1 Å². The first-order valence-corrected chi connectivity index (χ1v) is 8.03. The van der Waals surface area contributed by atoms with Crippen molar-refractivity contribution in [2.24, 2.45) is 0 Å². The molecule has 3 heteroatoms. The molecule has 0 unspecified atom stereocenters. The fraction of sp³-hybridized carbons (Fsp3) is 0.556. The molecule has 0 atom stereocenters. The molecule has 3 rings (SSSR count). The van der Waals surface area contributed by atoms with E-state index in [-0.39, 0.29) is 0 Å². The van der Waals surface area contributed by atoms with Crippen molar-refractivity contribution in [3.63, 3.8) is 0 Å². The van der Waals surface area contributed by atoms with E-state index < -0.39 is 0 Å². The summed E-state index contributed by atoms with van der Waals surface area (Å²) in [6, 6.07) is 9.78. The Morgan fingerprint density at radius 3 is 2.62 bits per heavy atom. The van der Waals surface area contributed by atoms with Crippen LogP contribution in [0.1, 0.15) is 37.0 Å². The fourth-order valence-corrected chi connectivity index (χ4v) is 3.60. The normalized spacial score (nSPS) is 23.0. The summed E-state index contributed by atoms with van der Waals surface area (Å²) in [7, 11) is 4.33. The number of fused-ring (bicyclic) bond motifs is 1. The molecule has 0 bridgehead atoms. The highest BCUT2D eigenvalue weighted by molar-refractivity contribution is 5.82. The summed E-state index contributed by atoms with van der Waals surface area (Å²) in [6.45, 7) is 3.07. The average Bonchev–Trinajstić information content (AvgIpc) is 2.83. The van der Waals surface area contributed by atoms with Gasteiger partial charge in [0.15, 0.2) is 0 Å². The van der Waals surface area contributed by atoms with Crippen LogP contribution in [-0.4, -0.2) is 31.1 Å². The van der Waals surface area contributed by atoms with Gasteiger partial charge in [0.2, 0.25) is 0 Å². The van der Waals surface area contributed by atoms with Crippen molar-refractivity contribution >= 4 is 11.0 Å². The van der Waals surface area contributed by atoms with Gasteiger partial charge in [-0.1, -0.05) is 18.2 Å². The zero-order chi connectivity index (χ0) is 14.8. The molecule has 0 amide bonds. The molecular formula is C18H26N2O. The number of rotatable bonds is 4. The Hall–Kier alpha value is -1.32. The lowest BCUT2D eigenvalue weighted by molar-refractivity contribution is 0.169. The van der Waals surface area contributed by atoms with E-state index in [1.54, 1.807) is 0 Å². The summed E-state index contributed by atoms with van der Waals surface area (Å²) >= 11 is 0. The van der Waals surface area contributed by atoms with Gasteiger partial charge in [-0.2, -0.15) is 0 Å². The van der Waals surface area contributed by atoms with Gasteiger partial charge in [-0.05, 0) is 52.8 Å². The third-order valence-electron chi connectivity index (χ3n) is 5.04. The van der Waals surface area contributed by atoms with Crippen LogP contribution in [0, 0.1) is 6.92 Å². The fourth-order valence-electron chi connectivity index (χ4n) is 3.60. The molecule has 21 heavy (non-hydrogen) atoms. The molecule has 0 spiro atoms. The summed E-state index contributed by atoms with van der Waals surface area (Å²) in [5.41, 5.74) is 2.36. The minimum atomic E-state index is 0.697. The van der Waals surface area contributed by atoms with E-state index in [2.05, 4.69) is 49.4 Å². The van der Waals surface area contributed by atoms with E-state index in [0.717, 1.165) is 17.9 Å². The topological polar surface area (TPSA) is 28.4 Å². The second kappa shape index (κ2) is 6.20. The van der Waals surface area contributed by atoms with Crippen LogP contribution in [0.3, 0.4) is 0 Å². The Morgan fingerprint density at radius 2 is 1.90 bits per heavy atom. The lowest BCUT2D eigenvalue weighted by Crippen LogP contribution is -2.39. The number of hydrogen-bond acceptors (Lipinski definition) is 3. The van der Waals surface area contributed by atoms with Crippen LogP contribution >= 0.6 is 0 Å². The van der Waals surface area contributed by atoms with Crippen LogP contribution in [0.4, 0.5) is 0 Å². The van der Waals surface area contributed by atoms with Crippen molar-refractivity contribution in [3.05, 3.63) is 35.6 Å². The van der Waals surface area contributed by atoms with Gasteiger partial charge in [0.05, 0.1) is 0 Å². The second-order valence-corrected chi connectivity index (χ2v) is 6.34. The van der Waals surface area contributed by atoms with Gasteiger partial charge in [-0.15, -0.1) is 0 Å². The highest BCUT2D eigenvalue weighted by atomic mass is 16.3. The predicted octanol–water partition coefficient (Wildman–Crippen LogP) is 3.70. The van der Waals surface area contributed by atoms with E-state index in [0.29, 0.717) is 12.1 Å². The molecule has 1 saturated carbocycles. The average molecular weight is 286 g/mol. The number of nitrogens with zero attached hydrogens (tertiary/aromatic N) is 1. The molecule has 1 N–H and O–H groups in total. The van der Waals surface area contributed by atoms with Crippen molar-refractivity contribution in [1.29, 1.82) is 0 Å². The molecule has 0 radical (unpaired) electrons. The van der Waals surface area contributed by atoms with Crippen molar-refractivity contribution in [3.8, 4) is 0 Å². The number of para-hydroxylation sites is 1. The van der Waals surface area contributed by atoms with Gasteiger partial charge in [0.25, 0.3) is 0 Å². The zero-order valence-corrected chi connectivity index (χ0v) is 13.4. The standard InChI is InChI=1S/C18H26N2O/c1-13-17(16-6-4-5-7-18(16)21-13)12-20(3)15-10-8-14(19-2)9-11-15/h4-7,14-15,19H,8-12H2,1-3H3. The molecule has 1 aliphatic carbocycles. The third kappa shape index (κ3) is 2.99. The highest BCUT2D eigenvalue weighted by Crippen LogP contribution is 2.29. The number of aryl methyl sites for hydroxylation is 1. The van der Waals surface area contributed by atoms with E-state index in [1.807, 2.05) is 6.07 Å². The molecule has 1 fully saturated rings. The van der Waals surface area contributed by atoms with Gasteiger partial charge >= 0.3 is 0 Å². The number of nitrogens with one attached hydrogen (secondary N) is 1. The van der Waals surface area contributed by atoms with Crippen molar-refractivity contribution < 1.29 is 4.42 Å². The SMILES string of the molecule is CNC1CCC(N(C)Cc2c(C)oc3ccccc23)CC1. The molecule has 1 aromatic carbocycles. The molecule has 0 saturated heterocycles. The van der Waals surface area contributed by atoms with Gasteiger partial charge in [-0.3, -0.25) is 4.90 Å². The first-order chi connectivity index (χ1) is 10.2. The molecule has 1 aromatic heterocycles. The summed E-state index contributed by atoms with van der Waals surface area (Å²) in [5.74, 6) is 1.06. The van der Waals surface area contributed by atoms with Gasteiger partial charge < -0.3 is 9.73 Å². The Labute approximate surface area is 127 Å². The Morgan fingerprint density at radius 1 is 1.19 bits per heavy atom. The van der Waals surface area contributed by atoms with Crippen LogP contribution in [0.5, 0.6) is 0 Å². The number of hydrogen-bond donors (Lipinski definition) is 1. The molecular weight excluding hydrogens is 260 g/mol. The molecule has 3 nitrogen and oxygen atoms in total. The first kappa shape index (κ1) is 14.6. The molecule has 2 aromatic rings. The third-order valence-corrected chi connectivity index (χ3v) is 5.04. The van der Waals surface area contributed by atoms with Gasteiger partial charge in [0.1, 0.15) is 11.3 Å². The molecule has 114 valence electrons. The van der Waals surface area contributed by atoms with Crippen LogP contribution < -0.4 is 5.32 Å². The largest absolute Gasteiger partial charge is 0.461 e. The minimum absolute atomic E-state index is 0.697. The Bertz CT molecular complexity index is 596. The maximum Gasteiger partial charge on any atom is 0.134 e. The minimum Gasteiger partial charge on any atom is -0.461 e. The quantitative estimate of drug-likeness (QED) is 0.929. The smallest absolute Gasteiger partial charge is 0.134 e. The maximum atomic E-state index is 5.89. The van der Waals surface area contributed by atoms with Crippen LogP contribution in [-0.2, 0) is 6.54 Å². The highest BCUT2D eigenvalue weighted by Gasteiger charge is 2.24. The summed E-state index contributed by atoms with van der Waals surface area (Å²) in [4.78, 5) is 2.51. The summed E-state index contributed by atoms with van der Waals surface area (Å²) in [5, 5.41) is 4.68. The monoisotopic (exact) mass is 286 g/mol. The zero-order valence-electron chi connectivity index (χ0n) is 13.4. The van der Waals surface area contributed by atoms with E-state index in [4.69, 9.17) is 4.42 Å². The van der Waals surface area contributed by atoms with E-state index in [9.17, 15) is 0 Å². The number of furan rings is 1. The summed E-state index contributed by atoms with van der Waals surface area (Å²) in [6.07, 6.45) is 5.15. The molecule has 1 heterocycles. The van der Waals surface area contributed by atoms with Crippen molar-refractivity contribution in [2.45, 2.75) is 51.2 Å². The van der Waals surface area contributed by atoms with Crippen LogP contribution in [0.2, 0.25) is 0 Å². The van der Waals surface area contributed by atoms with Gasteiger partial charge in [0, 0.05) is 29.6 Å². The van der Waals surface area contributed by atoms with Crippen molar-refractivity contribution in [1.82, 2.24) is 10.2 Å². The van der Waals surface area contributed by atoms with Crippen LogP contribution in [0.15, 0.2) is 28.7 Å². The Balaban J connectivity index is 1.72. The van der Waals surface area contributed by atoms with E-state index in [1.165, 1.54) is 36.6 Å². The van der Waals surface area contributed by atoms with Crippen LogP contribution in [0.25, 0.3) is 11.0 Å². The maximum absolute atomic E-state index is 5.89. The Kier molecular flexibility index (Phi) is 4.32. The van der Waals surface area contributed by atoms with E-state index >= 15 is 0 Å². The second-order valence-electron chi connectivity index (χ2n) is 6.34. The number of benzene rings is 1. The van der Waals surface area contributed by atoms with Gasteiger partial charge in [-0.25, -0.2) is 0 Å². The lowest BCUT2D eigenvalue weighted by Gasteiger charge is -2.34. The predicted molar refractivity (Wildman–Crippen MR) is 87.5 cm³/mol. The lowest BCUT2D eigenvalue weighted by atomic mass is 9.90. The summed E-state index contributed by atoms with van der Waals surface area (Å²) < 4.78 is 5.89. The molecule has 1 aliphatic rings.